The van der Waals surface area contributed by atoms with Gasteiger partial charge in [-0.15, -0.1) is 0 Å². The lowest BCUT2D eigenvalue weighted by molar-refractivity contribution is 0.646. The van der Waals surface area contributed by atoms with Gasteiger partial charge in [0.25, 0.3) is 0 Å². The molecule has 0 aliphatic carbocycles. The highest BCUT2D eigenvalue weighted by Gasteiger charge is 2.00. The third-order valence-electron chi connectivity index (χ3n) is 2.94. The molecular formula is C14H23NS. The van der Waals surface area contributed by atoms with Crippen LogP contribution in [0.25, 0.3) is 0 Å². The molecule has 0 saturated carbocycles. The van der Waals surface area contributed by atoms with Gasteiger partial charge in [0, 0.05) is 11.8 Å². The molecule has 0 saturated heterocycles. The van der Waals surface area contributed by atoms with Gasteiger partial charge in [0.15, 0.2) is 0 Å². The van der Waals surface area contributed by atoms with E-state index < -0.39 is 0 Å². The van der Waals surface area contributed by atoms with Crippen molar-refractivity contribution in [2.24, 2.45) is 0 Å². The second-order valence-corrected chi connectivity index (χ2v) is 5.72. The lowest BCUT2D eigenvalue weighted by Gasteiger charge is -2.11. The molecule has 0 heterocycles. The Labute approximate surface area is 104 Å². The van der Waals surface area contributed by atoms with E-state index in [1.165, 1.54) is 23.1 Å². The first-order valence-corrected chi connectivity index (χ1v) is 7.22. The van der Waals surface area contributed by atoms with Gasteiger partial charge in [-0.3, -0.25) is 0 Å². The Morgan fingerprint density at radius 1 is 1.31 bits per heavy atom. The number of rotatable bonds is 6. The Bertz CT molecular complexity index is 323. The molecule has 0 fully saturated rings. The van der Waals surface area contributed by atoms with Crippen LogP contribution in [0.1, 0.15) is 30.0 Å². The molecule has 0 aliphatic rings. The van der Waals surface area contributed by atoms with Crippen LogP contribution in [0.3, 0.4) is 0 Å². The number of nitrogens with one attached hydrogen (secondary N) is 1. The second-order valence-electron chi connectivity index (χ2n) is 4.44. The molecule has 2 heteroatoms. The molecule has 1 rings (SSSR count). The van der Waals surface area contributed by atoms with E-state index in [2.05, 4.69) is 50.5 Å². The van der Waals surface area contributed by atoms with Crippen LogP contribution >= 0.6 is 11.8 Å². The summed E-state index contributed by atoms with van der Waals surface area (Å²) in [5, 5.41) is 4.27. The van der Waals surface area contributed by atoms with Crippen molar-refractivity contribution in [1.29, 1.82) is 0 Å². The summed E-state index contributed by atoms with van der Waals surface area (Å²) in [6, 6.07) is 6.67. The van der Waals surface area contributed by atoms with Crippen LogP contribution < -0.4 is 5.32 Å². The van der Waals surface area contributed by atoms with Gasteiger partial charge in [0.05, 0.1) is 0 Å². The lowest BCUT2D eigenvalue weighted by atomic mass is 10.1. The fraction of sp³-hybridized carbons (Fsp3) is 0.571. The molecule has 0 aromatic heterocycles. The third-order valence-corrected chi connectivity index (χ3v) is 3.98. The number of aryl methyl sites for hydroxylation is 2. The van der Waals surface area contributed by atoms with Crippen molar-refractivity contribution in [3.05, 3.63) is 34.9 Å². The zero-order valence-electron chi connectivity index (χ0n) is 10.8. The van der Waals surface area contributed by atoms with Crippen molar-refractivity contribution in [3.63, 3.8) is 0 Å². The maximum absolute atomic E-state index is 3.51. The zero-order chi connectivity index (χ0) is 12.0. The van der Waals surface area contributed by atoms with Gasteiger partial charge in [0.1, 0.15) is 0 Å². The molecule has 1 atom stereocenters. The topological polar surface area (TPSA) is 12.0 Å². The van der Waals surface area contributed by atoms with Crippen LogP contribution in [0.15, 0.2) is 18.2 Å². The average molecular weight is 237 g/mol. The summed E-state index contributed by atoms with van der Waals surface area (Å²) in [4.78, 5) is 0. The molecule has 1 N–H and O–H groups in total. The van der Waals surface area contributed by atoms with Crippen LogP contribution in [0, 0.1) is 13.8 Å². The lowest BCUT2D eigenvalue weighted by Crippen LogP contribution is -2.18. The van der Waals surface area contributed by atoms with Gasteiger partial charge in [0.2, 0.25) is 0 Å². The monoisotopic (exact) mass is 237 g/mol. The van der Waals surface area contributed by atoms with Gasteiger partial charge in [-0.05, 0) is 44.2 Å². The maximum atomic E-state index is 3.51. The minimum absolute atomic E-state index is 0.756. The molecular weight excluding hydrogens is 214 g/mol. The highest BCUT2D eigenvalue weighted by molar-refractivity contribution is 7.99. The molecule has 1 aromatic carbocycles. The predicted molar refractivity (Wildman–Crippen MR) is 75.2 cm³/mol. The summed E-state index contributed by atoms with van der Waals surface area (Å²) < 4.78 is 0. The van der Waals surface area contributed by atoms with Gasteiger partial charge in [-0.25, -0.2) is 0 Å². The Hall–Kier alpha value is -0.470. The van der Waals surface area contributed by atoms with E-state index >= 15 is 0 Å². The smallest absolute Gasteiger partial charge is 0.0208 e. The van der Waals surface area contributed by atoms with Crippen LogP contribution in [-0.4, -0.2) is 18.1 Å². The standard InChI is InChI=1S/C14H23NS/c1-11-5-6-14(12(2)9-11)10-15-8-7-13(3)16-4/h5-6,9,13,15H,7-8,10H2,1-4H3. The van der Waals surface area contributed by atoms with Crippen LogP contribution in [0.4, 0.5) is 0 Å². The minimum atomic E-state index is 0.756. The first-order chi connectivity index (χ1) is 7.63. The van der Waals surface area contributed by atoms with E-state index in [-0.39, 0.29) is 0 Å². The summed E-state index contributed by atoms with van der Waals surface area (Å²) in [7, 11) is 0. The number of benzene rings is 1. The van der Waals surface area contributed by atoms with E-state index in [0.717, 1.165) is 18.3 Å². The van der Waals surface area contributed by atoms with E-state index in [1.807, 2.05) is 11.8 Å². The Kier molecular flexibility index (Phi) is 5.93. The Balaban J connectivity index is 2.32. The first kappa shape index (κ1) is 13.6. The van der Waals surface area contributed by atoms with Gasteiger partial charge < -0.3 is 5.32 Å². The largest absolute Gasteiger partial charge is 0.313 e. The van der Waals surface area contributed by atoms with Crippen LogP contribution in [0.5, 0.6) is 0 Å². The first-order valence-electron chi connectivity index (χ1n) is 5.93. The summed E-state index contributed by atoms with van der Waals surface area (Å²) in [5.74, 6) is 0. The molecule has 1 nitrogen and oxygen atoms in total. The fourth-order valence-corrected chi connectivity index (χ4v) is 2.04. The molecule has 16 heavy (non-hydrogen) atoms. The Morgan fingerprint density at radius 2 is 2.06 bits per heavy atom. The molecule has 90 valence electrons. The number of thioether (sulfide) groups is 1. The fourth-order valence-electron chi connectivity index (χ4n) is 1.69. The average Bonchev–Trinajstić information content (AvgIpc) is 2.26. The molecule has 0 amide bonds. The van der Waals surface area contributed by atoms with Gasteiger partial charge in [-0.2, -0.15) is 11.8 Å². The minimum Gasteiger partial charge on any atom is -0.313 e. The molecule has 0 spiro atoms. The zero-order valence-corrected chi connectivity index (χ0v) is 11.7. The molecule has 0 radical (unpaired) electrons. The summed E-state index contributed by atoms with van der Waals surface area (Å²) in [5.41, 5.74) is 4.16. The molecule has 0 aliphatic heterocycles. The predicted octanol–water partition coefficient (Wildman–Crippen LogP) is 3.53. The summed E-state index contributed by atoms with van der Waals surface area (Å²) in [6.07, 6.45) is 3.42. The second kappa shape index (κ2) is 6.97. The number of hydrogen-bond acceptors (Lipinski definition) is 2. The highest BCUT2D eigenvalue weighted by Crippen LogP contribution is 2.11. The van der Waals surface area contributed by atoms with Gasteiger partial charge >= 0.3 is 0 Å². The highest BCUT2D eigenvalue weighted by atomic mass is 32.2. The van der Waals surface area contributed by atoms with Crippen molar-refractivity contribution in [2.45, 2.75) is 39.0 Å². The third kappa shape index (κ3) is 4.58. The molecule has 1 aromatic rings. The van der Waals surface area contributed by atoms with Crippen molar-refractivity contribution >= 4 is 11.8 Å². The van der Waals surface area contributed by atoms with E-state index in [1.54, 1.807) is 0 Å². The van der Waals surface area contributed by atoms with E-state index in [9.17, 15) is 0 Å². The molecule has 0 bridgehead atoms. The van der Waals surface area contributed by atoms with Crippen molar-refractivity contribution < 1.29 is 0 Å². The van der Waals surface area contributed by atoms with Crippen molar-refractivity contribution in [1.82, 2.24) is 5.32 Å². The van der Waals surface area contributed by atoms with E-state index in [4.69, 9.17) is 0 Å². The van der Waals surface area contributed by atoms with Gasteiger partial charge in [-0.1, -0.05) is 30.7 Å². The van der Waals surface area contributed by atoms with Crippen LogP contribution in [0.2, 0.25) is 0 Å². The summed E-state index contributed by atoms with van der Waals surface area (Å²) in [6.45, 7) is 8.71. The maximum Gasteiger partial charge on any atom is 0.0208 e. The quantitative estimate of drug-likeness (QED) is 0.760. The SMILES string of the molecule is CSC(C)CCNCc1ccc(C)cc1C. The van der Waals surface area contributed by atoms with Crippen molar-refractivity contribution in [3.8, 4) is 0 Å². The van der Waals surface area contributed by atoms with E-state index in [0.29, 0.717) is 0 Å². The van der Waals surface area contributed by atoms with Crippen LogP contribution in [-0.2, 0) is 6.54 Å². The molecule has 1 unspecified atom stereocenters. The van der Waals surface area contributed by atoms with Crippen molar-refractivity contribution in [2.75, 3.05) is 12.8 Å². The normalized spacial score (nSPS) is 12.8. The number of hydrogen-bond donors (Lipinski definition) is 1. The summed E-state index contributed by atoms with van der Waals surface area (Å²) >= 11 is 1.94. The Morgan fingerprint density at radius 3 is 2.69 bits per heavy atom.